The van der Waals surface area contributed by atoms with Crippen LogP contribution in [0, 0.1) is 5.41 Å². The zero-order valence-electron chi connectivity index (χ0n) is 13.5. The van der Waals surface area contributed by atoms with Gasteiger partial charge in [-0.25, -0.2) is 0 Å². The first-order valence-electron chi connectivity index (χ1n) is 8.11. The second-order valence-corrected chi connectivity index (χ2v) is 6.21. The molecule has 1 rings (SSSR count). The van der Waals surface area contributed by atoms with E-state index in [1.54, 1.807) is 7.11 Å². The third-order valence-corrected chi connectivity index (χ3v) is 4.64. The molecular weight excluding hydrogens is 236 g/mol. The number of methoxy groups -OCH3 is 1. The monoisotopic (exact) mass is 270 g/mol. The Labute approximate surface area is 120 Å². The van der Waals surface area contributed by atoms with Crippen LogP contribution >= 0.6 is 0 Å². The normalized spacial score (nSPS) is 20.7. The first-order valence-corrected chi connectivity index (χ1v) is 8.11. The molecule has 1 atom stereocenters. The van der Waals surface area contributed by atoms with Crippen molar-refractivity contribution in [2.75, 3.05) is 39.9 Å². The Balaban J connectivity index is 2.62. The lowest BCUT2D eigenvalue weighted by molar-refractivity contribution is 0.0485. The summed E-state index contributed by atoms with van der Waals surface area (Å²) >= 11 is 0. The molecule has 0 radical (unpaired) electrons. The summed E-state index contributed by atoms with van der Waals surface area (Å²) in [4.78, 5) is 2.60. The second kappa shape index (κ2) is 8.93. The van der Waals surface area contributed by atoms with E-state index in [1.807, 2.05) is 0 Å². The molecule has 0 aromatic heterocycles. The summed E-state index contributed by atoms with van der Waals surface area (Å²) in [6.07, 6.45) is 7.00. The Morgan fingerprint density at radius 1 is 1.21 bits per heavy atom. The number of ether oxygens (including phenoxy) is 1. The van der Waals surface area contributed by atoms with E-state index in [2.05, 4.69) is 31.0 Å². The fourth-order valence-corrected chi connectivity index (χ4v) is 3.44. The van der Waals surface area contributed by atoms with Crippen LogP contribution in [0.2, 0.25) is 0 Å². The van der Waals surface area contributed by atoms with Gasteiger partial charge >= 0.3 is 0 Å². The Morgan fingerprint density at radius 2 is 1.89 bits per heavy atom. The number of hydrogen-bond acceptors (Lipinski definition) is 3. The molecule has 0 amide bonds. The van der Waals surface area contributed by atoms with Gasteiger partial charge in [-0.3, -0.25) is 4.90 Å². The van der Waals surface area contributed by atoms with E-state index in [0.29, 0.717) is 11.5 Å². The molecule has 3 heteroatoms. The fraction of sp³-hybridized carbons (Fsp3) is 1.00. The highest BCUT2D eigenvalue weighted by atomic mass is 16.5. The molecule has 0 bridgehead atoms. The summed E-state index contributed by atoms with van der Waals surface area (Å²) in [5.74, 6) is 0. The minimum absolute atomic E-state index is 0.492. The maximum Gasteiger partial charge on any atom is 0.0615 e. The second-order valence-electron chi connectivity index (χ2n) is 6.21. The van der Waals surface area contributed by atoms with Gasteiger partial charge in [-0.05, 0) is 38.3 Å². The molecule has 1 aliphatic rings. The highest BCUT2D eigenvalue weighted by Crippen LogP contribution is 2.37. The maximum absolute atomic E-state index is 5.33. The summed E-state index contributed by atoms with van der Waals surface area (Å²) in [5.41, 5.74) is 0.492. The molecule has 0 aromatic rings. The summed E-state index contributed by atoms with van der Waals surface area (Å²) in [6.45, 7) is 12.2. The molecule has 0 aromatic carbocycles. The lowest BCUT2D eigenvalue weighted by Crippen LogP contribution is -2.49. The first-order chi connectivity index (χ1) is 9.17. The molecule has 0 heterocycles. The van der Waals surface area contributed by atoms with E-state index in [4.69, 9.17) is 4.74 Å². The molecule has 114 valence electrons. The van der Waals surface area contributed by atoms with E-state index in [0.717, 1.165) is 19.7 Å². The van der Waals surface area contributed by atoms with Crippen LogP contribution in [0.15, 0.2) is 0 Å². The van der Waals surface area contributed by atoms with Crippen molar-refractivity contribution in [1.82, 2.24) is 10.2 Å². The van der Waals surface area contributed by atoms with Crippen molar-refractivity contribution < 1.29 is 4.74 Å². The van der Waals surface area contributed by atoms with Gasteiger partial charge in [-0.2, -0.15) is 0 Å². The molecule has 1 unspecified atom stereocenters. The van der Waals surface area contributed by atoms with E-state index in [9.17, 15) is 0 Å². The van der Waals surface area contributed by atoms with Crippen LogP contribution in [-0.4, -0.2) is 50.8 Å². The molecule has 1 N–H and O–H groups in total. The zero-order chi connectivity index (χ0) is 14.1. The Bertz CT molecular complexity index is 227. The number of rotatable bonds is 9. The highest BCUT2D eigenvalue weighted by Gasteiger charge is 2.34. The lowest BCUT2D eigenvalue weighted by Gasteiger charge is -2.43. The highest BCUT2D eigenvalue weighted by molar-refractivity contribution is 4.88. The van der Waals surface area contributed by atoms with Crippen molar-refractivity contribution in [3.8, 4) is 0 Å². The number of hydrogen-bond donors (Lipinski definition) is 1. The quantitative estimate of drug-likeness (QED) is 0.697. The van der Waals surface area contributed by atoms with Crippen molar-refractivity contribution in [1.29, 1.82) is 0 Å². The fourth-order valence-electron chi connectivity index (χ4n) is 3.44. The smallest absolute Gasteiger partial charge is 0.0615 e. The topological polar surface area (TPSA) is 24.5 Å². The molecule has 1 fully saturated rings. The molecule has 1 saturated carbocycles. The van der Waals surface area contributed by atoms with Gasteiger partial charge in [0.15, 0.2) is 0 Å². The van der Waals surface area contributed by atoms with E-state index in [-0.39, 0.29) is 0 Å². The molecule has 19 heavy (non-hydrogen) atoms. The van der Waals surface area contributed by atoms with E-state index in [1.165, 1.54) is 45.2 Å². The summed E-state index contributed by atoms with van der Waals surface area (Å²) in [6, 6.07) is 0.524. The van der Waals surface area contributed by atoms with Gasteiger partial charge in [0.2, 0.25) is 0 Å². The van der Waals surface area contributed by atoms with E-state index >= 15 is 0 Å². The van der Waals surface area contributed by atoms with Crippen LogP contribution in [0.5, 0.6) is 0 Å². The van der Waals surface area contributed by atoms with Gasteiger partial charge < -0.3 is 10.1 Å². The predicted octanol–water partition coefficient (Wildman–Crippen LogP) is 2.90. The van der Waals surface area contributed by atoms with Crippen molar-refractivity contribution in [2.45, 2.75) is 58.9 Å². The minimum Gasteiger partial charge on any atom is -0.383 e. The van der Waals surface area contributed by atoms with Crippen molar-refractivity contribution in [3.05, 3.63) is 0 Å². The molecular formula is C16H34N2O. The minimum atomic E-state index is 0.492. The van der Waals surface area contributed by atoms with E-state index < -0.39 is 0 Å². The van der Waals surface area contributed by atoms with Crippen LogP contribution in [0.25, 0.3) is 0 Å². The lowest BCUT2D eigenvalue weighted by atomic mass is 9.73. The number of nitrogens with one attached hydrogen (secondary N) is 1. The average molecular weight is 270 g/mol. The SMILES string of the molecule is CCNCC1(CN(CC)C(C)COC)CCCCC1. The zero-order valence-corrected chi connectivity index (χ0v) is 13.5. The summed E-state index contributed by atoms with van der Waals surface area (Å²) in [7, 11) is 1.80. The molecule has 3 nitrogen and oxygen atoms in total. The van der Waals surface area contributed by atoms with Gasteiger partial charge in [-0.1, -0.05) is 33.1 Å². The predicted molar refractivity (Wildman–Crippen MR) is 82.6 cm³/mol. The number of nitrogens with zero attached hydrogens (tertiary/aromatic N) is 1. The first kappa shape index (κ1) is 16.9. The van der Waals surface area contributed by atoms with Crippen LogP contribution in [0.3, 0.4) is 0 Å². The molecule has 0 saturated heterocycles. The van der Waals surface area contributed by atoms with Crippen LogP contribution in [0.4, 0.5) is 0 Å². The van der Waals surface area contributed by atoms with Crippen LogP contribution in [0.1, 0.15) is 52.9 Å². The van der Waals surface area contributed by atoms with Gasteiger partial charge in [0.05, 0.1) is 6.61 Å². The Hall–Kier alpha value is -0.120. The summed E-state index contributed by atoms with van der Waals surface area (Å²) in [5, 5.41) is 3.60. The number of likely N-dealkylation sites (N-methyl/N-ethyl adjacent to an activating group) is 1. The standard InChI is InChI=1S/C16H34N2O/c1-5-17-13-16(10-8-7-9-11-16)14-18(6-2)15(3)12-19-4/h15,17H,5-14H2,1-4H3. The molecule has 0 spiro atoms. The van der Waals surface area contributed by atoms with Gasteiger partial charge in [0, 0.05) is 26.2 Å². The van der Waals surface area contributed by atoms with Gasteiger partial charge in [0.1, 0.15) is 0 Å². The largest absolute Gasteiger partial charge is 0.383 e. The van der Waals surface area contributed by atoms with Crippen molar-refractivity contribution >= 4 is 0 Å². The van der Waals surface area contributed by atoms with Crippen LogP contribution in [-0.2, 0) is 4.74 Å². The van der Waals surface area contributed by atoms with Crippen molar-refractivity contribution in [2.24, 2.45) is 5.41 Å². The maximum atomic E-state index is 5.33. The molecule has 0 aliphatic heterocycles. The average Bonchev–Trinajstić information content (AvgIpc) is 2.44. The summed E-state index contributed by atoms with van der Waals surface area (Å²) < 4.78 is 5.33. The third kappa shape index (κ3) is 5.41. The van der Waals surface area contributed by atoms with Gasteiger partial charge in [-0.15, -0.1) is 0 Å². The Kier molecular flexibility index (Phi) is 7.96. The molecule has 1 aliphatic carbocycles. The van der Waals surface area contributed by atoms with Gasteiger partial charge in [0.25, 0.3) is 0 Å². The Morgan fingerprint density at radius 3 is 2.42 bits per heavy atom. The van der Waals surface area contributed by atoms with Crippen LogP contribution < -0.4 is 5.32 Å². The third-order valence-electron chi connectivity index (χ3n) is 4.64. The van der Waals surface area contributed by atoms with Crippen molar-refractivity contribution in [3.63, 3.8) is 0 Å².